The van der Waals surface area contributed by atoms with Gasteiger partial charge in [0.05, 0.1) is 16.5 Å². The van der Waals surface area contributed by atoms with Crippen molar-refractivity contribution < 1.29 is 29.5 Å². The summed E-state index contributed by atoms with van der Waals surface area (Å²) in [5.74, 6) is -3.45. The van der Waals surface area contributed by atoms with Gasteiger partial charge in [0.2, 0.25) is 0 Å². The van der Waals surface area contributed by atoms with Gasteiger partial charge in [0.1, 0.15) is 5.76 Å². The molecule has 1 fully saturated rings. The number of aliphatic hydroxyl groups excluding tert-OH is 1. The van der Waals surface area contributed by atoms with Gasteiger partial charge < -0.3 is 19.9 Å². The van der Waals surface area contributed by atoms with Gasteiger partial charge in [-0.15, -0.1) is 0 Å². The molecule has 1 amide bonds. The monoisotopic (exact) mass is 409 g/mol. The summed E-state index contributed by atoms with van der Waals surface area (Å²) in [6.45, 7) is -0.0637. The number of aliphatic carboxylic acids is 1. The van der Waals surface area contributed by atoms with E-state index in [1.165, 1.54) is 29.2 Å². The van der Waals surface area contributed by atoms with Crippen molar-refractivity contribution in [1.29, 1.82) is 0 Å². The summed E-state index contributed by atoms with van der Waals surface area (Å²) in [5, 5.41) is 32.5. The molecule has 0 spiro atoms. The molecule has 2 aromatic carbocycles. The highest BCUT2D eigenvalue weighted by atomic mass is 16.6. The van der Waals surface area contributed by atoms with Gasteiger partial charge in [-0.2, -0.15) is 0 Å². The van der Waals surface area contributed by atoms with Gasteiger partial charge in [-0.1, -0.05) is 30.3 Å². The number of ketones is 1. The van der Waals surface area contributed by atoms with E-state index in [1.54, 1.807) is 30.3 Å². The first-order chi connectivity index (χ1) is 14.3. The molecule has 1 saturated heterocycles. The molecule has 0 aromatic heterocycles. The Morgan fingerprint density at radius 2 is 1.70 bits per heavy atom. The van der Waals surface area contributed by atoms with Crippen LogP contribution in [0.15, 0.2) is 60.2 Å². The zero-order valence-electron chi connectivity index (χ0n) is 15.7. The molecule has 9 nitrogen and oxygen atoms in total. The first-order valence-corrected chi connectivity index (χ1v) is 9.09. The predicted molar refractivity (Wildman–Crippen MR) is 103 cm³/mol. The first kappa shape index (κ1) is 20.7. The van der Waals surface area contributed by atoms with E-state index in [0.717, 1.165) is 0 Å². The van der Waals surface area contributed by atoms with Crippen LogP contribution in [0.3, 0.4) is 0 Å². The fraction of sp³-hybridized carbons (Fsp3) is 0.190. The topological polar surface area (TPSA) is 141 Å². The number of rotatable bonds is 7. The number of nitro benzene ring substituents is 1. The normalized spacial score (nSPS) is 17.9. The van der Waals surface area contributed by atoms with E-state index in [0.29, 0.717) is 11.1 Å². The Morgan fingerprint density at radius 1 is 1.07 bits per heavy atom. The smallest absolute Gasteiger partial charge is 0.295 e. The molecular weight excluding hydrogens is 392 g/mol. The number of non-ortho nitro benzene ring substituents is 1. The zero-order valence-corrected chi connectivity index (χ0v) is 15.7. The van der Waals surface area contributed by atoms with Crippen molar-refractivity contribution in [3.8, 4) is 0 Å². The molecule has 1 aliphatic heterocycles. The summed E-state index contributed by atoms with van der Waals surface area (Å²) in [6, 6.07) is 12.5. The highest BCUT2D eigenvalue weighted by molar-refractivity contribution is 6.46. The van der Waals surface area contributed by atoms with E-state index in [4.69, 9.17) is 0 Å². The summed E-state index contributed by atoms with van der Waals surface area (Å²) < 4.78 is 0. The molecule has 1 N–H and O–H groups in total. The van der Waals surface area contributed by atoms with Gasteiger partial charge >= 0.3 is 0 Å². The third-order valence-electron chi connectivity index (χ3n) is 4.79. The second-order valence-electron chi connectivity index (χ2n) is 6.68. The molecule has 1 aliphatic rings. The Balaban J connectivity index is 2.09. The first-order valence-electron chi connectivity index (χ1n) is 9.09. The molecule has 154 valence electrons. The van der Waals surface area contributed by atoms with Crippen LogP contribution in [0, 0.1) is 10.1 Å². The maximum atomic E-state index is 12.7. The Morgan fingerprint density at radius 3 is 2.27 bits per heavy atom. The lowest BCUT2D eigenvalue weighted by Crippen LogP contribution is -2.32. The number of hydrogen-bond acceptors (Lipinski definition) is 7. The summed E-state index contributed by atoms with van der Waals surface area (Å²) >= 11 is 0. The lowest BCUT2D eigenvalue weighted by molar-refractivity contribution is -0.384. The van der Waals surface area contributed by atoms with Gasteiger partial charge in [0.25, 0.3) is 17.4 Å². The number of carboxylic acid groups (broad SMARTS) is 1. The number of carboxylic acids is 1. The van der Waals surface area contributed by atoms with Crippen molar-refractivity contribution in [2.45, 2.75) is 18.9 Å². The second kappa shape index (κ2) is 8.56. The van der Waals surface area contributed by atoms with Gasteiger partial charge in [-0.25, -0.2) is 0 Å². The van der Waals surface area contributed by atoms with E-state index >= 15 is 0 Å². The zero-order chi connectivity index (χ0) is 21.8. The number of nitro groups is 1. The highest BCUT2D eigenvalue weighted by Gasteiger charge is 2.45. The fourth-order valence-electron chi connectivity index (χ4n) is 3.38. The number of amides is 1. The molecule has 0 bridgehead atoms. The van der Waals surface area contributed by atoms with Crippen LogP contribution in [0.2, 0.25) is 0 Å². The molecule has 3 rings (SSSR count). The minimum absolute atomic E-state index is 0.0458. The standard InChI is InChI=1S/C21H18N2O7/c24-16(25)7-4-12-22-18(13-8-10-15(11-9-13)23(29)30)17(20(27)21(22)28)19(26)14-5-2-1-3-6-14/h1-3,5-6,8-11,18,26H,4,7,12H2,(H,24,25)/p-1/t18-/m0/s1. The molecule has 1 atom stereocenters. The van der Waals surface area contributed by atoms with Crippen molar-refractivity contribution in [3.05, 3.63) is 81.4 Å². The van der Waals surface area contributed by atoms with Crippen LogP contribution in [-0.2, 0) is 14.4 Å². The van der Waals surface area contributed by atoms with Crippen molar-refractivity contribution in [2.24, 2.45) is 0 Å². The van der Waals surface area contributed by atoms with Crippen LogP contribution >= 0.6 is 0 Å². The third-order valence-corrected chi connectivity index (χ3v) is 4.79. The maximum Gasteiger partial charge on any atom is 0.295 e. The van der Waals surface area contributed by atoms with E-state index in [1.807, 2.05) is 0 Å². The number of hydrogen-bond donors (Lipinski definition) is 1. The molecular formula is C21H17N2O7-. The third kappa shape index (κ3) is 4.04. The number of likely N-dealkylation sites (tertiary alicyclic amines) is 1. The predicted octanol–water partition coefficient (Wildman–Crippen LogP) is 1.55. The molecule has 1 heterocycles. The summed E-state index contributed by atoms with van der Waals surface area (Å²) in [6.07, 6.45) is -0.265. The fourth-order valence-corrected chi connectivity index (χ4v) is 3.38. The van der Waals surface area contributed by atoms with Crippen LogP contribution in [0.1, 0.15) is 30.0 Å². The van der Waals surface area contributed by atoms with Crippen molar-refractivity contribution in [3.63, 3.8) is 0 Å². The van der Waals surface area contributed by atoms with Gasteiger partial charge in [0.15, 0.2) is 0 Å². The number of benzene rings is 2. The van der Waals surface area contributed by atoms with Crippen molar-refractivity contribution >= 4 is 29.1 Å². The number of nitrogens with zero attached hydrogens (tertiary/aromatic N) is 2. The lowest BCUT2D eigenvalue weighted by atomic mass is 9.95. The van der Waals surface area contributed by atoms with E-state index < -0.39 is 28.6 Å². The number of Topliss-reactive ketones (excluding diaryl/α,β-unsaturated/α-hetero) is 1. The Bertz CT molecular complexity index is 1030. The van der Waals surface area contributed by atoms with Crippen LogP contribution in [0.25, 0.3) is 5.76 Å². The van der Waals surface area contributed by atoms with Crippen molar-refractivity contribution in [1.82, 2.24) is 4.90 Å². The molecule has 2 aromatic rings. The molecule has 9 heteroatoms. The Kier molecular flexibility index (Phi) is 5.91. The largest absolute Gasteiger partial charge is 0.550 e. The van der Waals surface area contributed by atoms with Crippen molar-refractivity contribution in [2.75, 3.05) is 6.54 Å². The Labute approximate surface area is 171 Å². The van der Waals surface area contributed by atoms with Crippen LogP contribution in [0.4, 0.5) is 5.69 Å². The molecule has 30 heavy (non-hydrogen) atoms. The number of carbonyl (C=O) groups is 3. The van der Waals surface area contributed by atoms with E-state index in [9.17, 15) is 34.7 Å². The van der Waals surface area contributed by atoms with Gasteiger partial charge in [0, 0.05) is 30.2 Å². The molecule has 0 unspecified atom stereocenters. The second-order valence-corrected chi connectivity index (χ2v) is 6.68. The SMILES string of the molecule is O=C([O-])CCCN1C(=O)C(=O)C(=C(O)c2ccccc2)[C@@H]1c1ccc([N+](=O)[O-])cc1. The quantitative estimate of drug-likeness (QED) is 0.240. The minimum atomic E-state index is -1.29. The Hall–Kier alpha value is -4.01. The van der Waals surface area contributed by atoms with E-state index in [2.05, 4.69) is 0 Å². The summed E-state index contributed by atoms with van der Waals surface area (Å²) in [7, 11) is 0. The summed E-state index contributed by atoms with van der Waals surface area (Å²) in [5.41, 5.74) is 0.382. The van der Waals surface area contributed by atoms with Crippen LogP contribution in [0.5, 0.6) is 0 Å². The number of carbonyl (C=O) groups excluding carboxylic acids is 3. The summed E-state index contributed by atoms with van der Waals surface area (Å²) in [4.78, 5) is 47.7. The average molecular weight is 409 g/mol. The highest BCUT2D eigenvalue weighted by Crippen LogP contribution is 2.39. The van der Waals surface area contributed by atoms with Crippen LogP contribution in [-0.4, -0.2) is 39.1 Å². The molecule has 0 radical (unpaired) electrons. The van der Waals surface area contributed by atoms with Crippen LogP contribution < -0.4 is 5.11 Å². The van der Waals surface area contributed by atoms with Gasteiger partial charge in [-0.05, 0) is 30.5 Å². The van der Waals surface area contributed by atoms with Gasteiger partial charge in [-0.3, -0.25) is 19.7 Å². The lowest BCUT2D eigenvalue weighted by Gasteiger charge is -2.25. The molecule has 0 saturated carbocycles. The number of aliphatic hydroxyl groups is 1. The van der Waals surface area contributed by atoms with E-state index in [-0.39, 0.29) is 36.4 Å². The maximum absolute atomic E-state index is 12.7. The minimum Gasteiger partial charge on any atom is -0.550 e. The average Bonchev–Trinajstić information content (AvgIpc) is 2.98. The molecule has 0 aliphatic carbocycles.